The molecule has 24 heavy (non-hydrogen) atoms. The first-order chi connectivity index (χ1) is 10.9. The highest BCUT2D eigenvalue weighted by Crippen LogP contribution is 2.09. The predicted molar refractivity (Wildman–Crippen MR) is 110 cm³/mol. The SMILES string of the molecule is CCNC(=NCC(C)(O)CN1CCOCC1)NCCCN(C)C.I. The molecule has 0 amide bonds. The van der Waals surface area contributed by atoms with Crippen molar-refractivity contribution in [2.45, 2.75) is 25.9 Å². The lowest BCUT2D eigenvalue weighted by atomic mass is 10.1. The molecule has 1 atom stereocenters. The quantitative estimate of drug-likeness (QED) is 0.199. The summed E-state index contributed by atoms with van der Waals surface area (Å²) in [6.07, 6.45) is 1.06. The minimum atomic E-state index is -0.830. The molecule has 1 heterocycles. The van der Waals surface area contributed by atoms with Crippen molar-refractivity contribution in [3.05, 3.63) is 0 Å². The molecule has 3 N–H and O–H groups in total. The van der Waals surface area contributed by atoms with Gasteiger partial charge in [0.05, 0.1) is 25.4 Å². The van der Waals surface area contributed by atoms with E-state index < -0.39 is 5.60 Å². The Kier molecular flexibility index (Phi) is 13.0. The third-order valence-corrected chi connectivity index (χ3v) is 3.66. The number of rotatable bonds is 9. The number of nitrogens with zero attached hydrogens (tertiary/aromatic N) is 3. The largest absolute Gasteiger partial charge is 0.387 e. The monoisotopic (exact) mass is 457 g/mol. The van der Waals surface area contributed by atoms with Gasteiger partial charge in [-0.3, -0.25) is 9.89 Å². The average molecular weight is 457 g/mol. The van der Waals surface area contributed by atoms with Crippen molar-refractivity contribution in [1.82, 2.24) is 20.4 Å². The second kappa shape index (κ2) is 13.1. The maximum atomic E-state index is 10.6. The molecule has 1 rings (SSSR count). The Labute approximate surface area is 164 Å². The average Bonchev–Trinajstić information content (AvgIpc) is 2.49. The van der Waals surface area contributed by atoms with Gasteiger partial charge >= 0.3 is 0 Å². The molecule has 144 valence electrons. The zero-order valence-electron chi connectivity index (χ0n) is 15.7. The Bertz CT molecular complexity index is 347. The lowest BCUT2D eigenvalue weighted by Crippen LogP contribution is -2.48. The number of nitrogens with one attached hydrogen (secondary N) is 2. The molecule has 1 fully saturated rings. The third-order valence-electron chi connectivity index (χ3n) is 3.66. The number of halogens is 1. The van der Waals surface area contributed by atoms with Crippen LogP contribution in [0, 0.1) is 0 Å². The van der Waals surface area contributed by atoms with Crippen molar-refractivity contribution in [1.29, 1.82) is 0 Å². The van der Waals surface area contributed by atoms with Crippen LogP contribution in [0.15, 0.2) is 4.99 Å². The second-order valence-corrected chi connectivity index (χ2v) is 6.66. The fraction of sp³-hybridized carbons (Fsp3) is 0.938. The van der Waals surface area contributed by atoms with Crippen molar-refractivity contribution < 1.29 is 9.84 Å². The molecule has 0 aromatic carbocycles. The molecule has 1 aliphatic rings. The van der Waals surface area contributed by atoms with Crippen LogP contribution in [0.4, 0.5) is 0 Å². The van der Waals surface area contributed by atoms with Crippen LogP contribution < -0.4 is 10.6 Å². The summed E-state index contributed by atoms with van der Waals surface area (Å²) in [5.41, 5.74) is -0.830. The highest BCUT2D eigenvalue weighted by Gasteiger charge is 2.25. The van der Waals surface area contributed by atoms with Crippen LogP contribution >= 0.6 is 24.0 Å². The minimum absolute atomic E-state index is 0. The van der Waals surface area contributed by atoms with E-state index in [1.54, 1.807) is 0 Å². The summed E-state index contributed by atoms with van der Waals surface area (Å²) >= 11 is 0. The van der Waals surface area contributed by atoms with E-state index in [0.717, 1.165) is 58.3 Å². The fourth-order valence-electron chi connectivity index (χ4n) is 2.48. The molecule has 0 bridgehead atoms. The number of aliphatic hydroxyl groups is 1. The van der Waals surface area contributed by atoms with Crippen LogP contribution in [0.2, 0.25) is 0 Å². The zero-order chi connectivity index (χ0) is 17.1. The smallest absolute Gasteiger partial charge is 0.191 e. The molecule has 0 saturated carbocycles. The summed E-state index contributed by atoms with van der Waals surface area (Å²) < 4.78 is 5.34. The van der Waals surface area contributed by atoms with Gasteiger partial charge in [0.15, 0.2) is 5.96 Å². The maximum absolute atomic E-state index is 10.6. The van der Waals surface area contributed by atoms with Crippen molar-refractivity contribution in [2.24, 2.45) is 4.99 Å². The van der Waals surface area contributed by atoms with E-state index in [1.165, 1.54) is 0 Å². The van der Waals surface area contributed by atoms with Gasteiger partial charge in [-0.1, -0.05) is 0 Å². The van der Waals surface area contributed by atoms with Gasteiger partial charge in [0, 0.05) is 32.7 Å². The molecule has 0 aromatic rings. The van der Waals surface area contributed by atoms with Crippen LogP contribution in [-0.2, 0) is 4.74 Å². The van der Waals surface area contributed by atoms with E-state index in [0.29, 0.717) is 13.1 Å². The number of hydrogen-bond donors (Lipinski definition) is 3. The first-order valence-corrected chi connectivity index (χ1v) is 8.62. The summed E-state index contributed by atoms with van der Waals surface area (Å²) in [4.78, 5) is 8.94. The lowest BCUT2D eigenvalue weighted by molar-refractivity contribution is -0.0179. The third kappa shape index (κ3) is 11.4. The fourth-order valence-corrected chi connectivity index (χ4v) is 2.48. The number of morpholine rings is 1. The normalized spacial score (nSPS) is 18.8. The van der Waals surface area contributed by atoms with Gasteiger partial charge in [-0.05, 0) is 40.9 Å². The standard InChI is InChI=1S/C16H35N5O2.HI/c1-5-17-15(18-7-6-8-20(3)4)19-13-16(2,22)14-21-9-11-23-12-10-21;/h22H,5-14H2,1-4H3,(H2,17,18,19);1H. The number of guanidine groups is 1. The van der Waals surface area contributed by atoms with Crippen molar-refractivity contribution in [2.75, 3.05) is 73.1 Å². The number of aliphatic imine (C=N–C) groups is 1. The molecule has 1 saturated heterocycles. The second-order valence-electron chi connectivity index (χ2n) is 6.66. The van der Waals surface area contributed by atoms with Crippen LogP contribution in [0.25, 0.3) is 0 Å². The van der Waals surface area contributed by atoms with E-state index in [9.17, 15) is 5.11 Å². The van der Waals surface area contributed by atoms with Gasteiger partial charge < -0.3 is 25.4 Å². The predicted octanol–water partition coefficient (Wildman–Crippen LogP) is 0.194. The summed E-state index contributed by atoms with van der Waals surface area (Å²) in [5.74, 6) is 0.772. The Morgan fingerprint density at radius 1 is 1.29 bits per heavy atom. The van der Waals surface area contributed by atoms with Crippen LogP contribution in [-0.4, -0.2) is 99.6 Å². The number of ether oxygens (including phenoxy) is 1. The Morgan fingerprint density at radius 3 is 2.54 bits per heavy atom. The molecule has 7 nitrogen and oxygen atoms in total. The van der Waals surface area contributed by atoms with E-state index in [2.05, 4.69) is 39.5 Å². The molecule has 1 aliphatic heterocycles. The van der Waals surface area contributed by atoms with Gasteiger partial charge in [0.2, 0.25) is 0 Å². The van der Waals surface area contributed by atoms with Crippen molar-refractivity contribution in [3.63, 3.8) is 0 Å². The van der Waals surface area contributed by atoms with Gasteiger partial charge in [-0.15, -0.1) is 24.0 Å². The van der Waals surface area contributed by atoms with E-state index in [4.69, 9.17) is 4.74 Å². The zero-order valence-corrected chi connectivity index (χ0v) is 18.0. The Balaban J connectivity index is 0.00000529. The summed E-state index contributed by atoms with van der Waals surface area (Å²) in [7, 11) is 4.14. The first-order valence-electron chi connectivity index (χ1n) is 8.62. The van der Waals surface area contributed by atoms with Crippen LogP contribution in [0.3, 0.4) is 0 Å². The Morgan fingerprint density at radius 2 is 1.96 bits per heavy atom. The van der Waals surface area contributed by atoms with E-state index >= 15 is 0 Å². The van der Waals surface area contributed by atoms with E-state index in [1.807, 2.05) is 13.8 Å². The molecular formula is C16H36IN5O2. The van der Waals surface area contributed by atoms with Gasteiger partial charge in [-0.25, -0.2) is 0 Å². The summed E-state index contributed by atoms with van der Waals surface area (Å²) in [5, 5.41) is 17.1. The van der Waals surface area contributed by atoms with Gasteiger partial charge in [0.1, 0.15) is 0 Å². The molecule has 8 heteroatoms. The van der Waals surface area contributed by atoms with Crippen molar-refractivity contribution >= 4 is 29.9 Å². The number of β-amino-alcohol motifs (C(OH)–C–C–N with tert-alkyl or cyclic N) is 1. The van der Waals surface area contributed by atoms with Gasteiger partial charge in [0.25, 0.3) is 0 Å². The van der Waals surface area contributed by atoms with Gasteiger partial charge in [-0.2, -0.15) is 0 Å². The maximum Gasteiger partial charge on any atom is 0.191 e. The van der Waals surface area contributed by atoms with E-state index in [-0.39, 0.29) is 24.0 Å². The highest BCUT2D eigenvalue weighted by molar-refractivity contribution is 14.0. The Hall–Kier alpha value is -0.160. The molecular weight excluding hydrogens is 421 g/mol. The highest BCUT2D eigenvalue weighted by atomic mass is 127. The minimum Gasteiger partial charge on any atom is -0.387 e. The van der Waals surface area contributed by atoms with Crippen LogP contribution in [0.5, 0.6) is 0 Å². The summed E-state index contributed by atoms with van der Waals surface area (Å²) in [6, 6.07) is 0. The van der Waals surface area contributed by atoms with Crippen molar-refractivity contribution in [3.8, 4) is 0 Å². The summed E-state index contributed by atoms with van der Waals surface area (Å²) in [6.45, 7) is 10.9. The van der Waals surface area contributed by atoms with Crippen LogP contribution in [0.1, 0.15) is 20.3 Å². The lowest BCUT2D eigenvalue weighted by Gasteiger charge is -2.33. The molecule has 0 aliphatic carbocycles. The first kappa shape index (κ1) is 23.8. The topological polar surface area (TPSA) is 72.4 Å². The molecule has 0 aromatic heterocycles. The molecule has 0 spiro atoms. The molecule has 0 radical (unpaired) electrons. The number of hydrogen-bond acceptors (Lipinski definition) is 5. The molecule has 1 unspecified atom stereocenters.